The summed E-state index contributed by atoms with van der Waals surface area (Å²) in [6, 6.07) is 0. The molecule has 2 atom stereocenters. The van der Waals surface area contributed by atoms with Gasteiger partial charge < -0.3 is 24.6 Å². The van der Waals surface area contributed by atoms with E-state index in [0.29, 0.717) is 13.2 Å². The number of aliphatic hydroxyl groups is 1. The van der Waals surface area contributed by atoms with Crippen LogP contribution in [0.25, 0.3) is 0 Å². The van der Waals surface area contributed by atoms with Crippen LogP contribution >= 0.6 is 0 Å². The topological polar surface area (TPSA) is 96.3 Å². The minimum absolute atomic E-state index is 0.0470. The van der Waals surface area contributed by atoms with Gasteiger partial charge in [0.1, 0.15) is 5.60 Å². The minimum atomic E-state index is -1.48. The lowest BCUT2D eigenvalue weighted by Gasteiger charge is -2.34. The number of aliphatic carboxylic acids is 1. The molecule has 7 nitrogen and oxygen atoms in total. The number of carboxylic acids is 1. The molecule has 0 bridgehead atoms. The van der Waals surface area contributed by atoms with Crippen LogP contribution < -0.4 is 0 Å². The van der Waals surface area contributed by atoms with E-state index in [0.717, 1.165) is 0 Å². The molecule has 1 saturated heterocycles. The Bertz CT molecular complexity index is 338. The van der Waals surface area contributed by atoms with Gasteiger partial charge in [-0.15, -0.1) is 0 Å². The average Bonchev–Trinajstić information content (AvgIpc) is 2.27. The molecule has 1 aliphatic rings. The first kappa shape index (κ1) is 15.7. The number of morpholine rings is 1. The number of carbonyl (C=O) groups is 2. The summed E-state index contributed by atoms with van der Waals surface area (Å²) in [6.45, 7) is 6.25. The van der Waals surface area contributed by atoms with Gasteiger partial charge in [-0.1, -0.05) is 0 Å². The van der Waals surface area contributed by atoms with Crippen LogP contribution in [0.3, 0.4) is 0 Å². The normalized spacial score (nSPS) is 21.9. The zero-order valence-corrected chi connectivity index (χ0v) is 11.5. The van der Waals surface area contributed by atoms with E-state index in [9.17, 15) is 14.7 Å². The van der Waals surface area contributed by atoms with E-state index < -0.39 is 29.9 Å². The van der Waals surface area contributed by atoms with Crippen molar-refractivity contribution >= 4 is 12.1 Å². The molecule has 1 rings (SSSR count). The highest BCUT2D eigenvalue weighted by Crippen LogP contribution is 2.15. The highest BCUT2D eigenvalue weighted by Gasteiger charge is 2.30. The molecule has 7 heteroatoms. The molecule has 0 aliphatic carbocycles. The van der Waals surface area contributed by atoms with Crippen molar-refractivity contribution in [1.82, 2.24) is 4.90 Å². The Morgan fingerprint density at radius 2 is 2.11 bits per heavy atom. The number of hydrogen-bond donors (Lipinski definition) is 2. The predicted octanol–water partition coefficient (Wildman–Crippen LogP) is 0.458. The molecule has 0 spiro atoms. The smallest absolute Gasteiger partial charge is 0.410 e. The van der Waals surface area contributed by atoms with Crippen LogP contribution in [-0.2, 0) is 14.3 Å². The van der Waals surface area contributed by atoms with Gasteiger partial charge in [0.15, 0.2) is 6.10 Å². The Balaban J connectivity index is 2.50. The lowest BCUT2D eigenvalue weighted by atomic mass is 10.1. The summed E-state index contributed by atoms with van der Waals surface area (Å²) in [6.07, 6.45) is -2.48. The standard InChI is InChI=1S/C12H21NO6/c1-12(2,3)19-11(17)13-4-5-18-8(7-13)6-9(14)10(15)16/h8-9,14H,4-7H2,1-3H3,(H,15,16). The largest absolute Gasteiger partial charge is 0.479 e. The van der Waals surface area contributed by atoms with Crippen LogP contribution in [0.5, 0.6) is 0 Å². The van der Waals surface area contributed by atoms with Crippen LogP contribution in [0.1, 0.15) is 27.2 Å². The number of ether oxygens (including phenoxy) is 2. The van der Waals surface area contributed by atoms with Crippen molar-refractivity contribution < 1.29 is 29.3 Å². The zero-order chi connectivity index (χ0) is 14.6. The van der Waals surface area contributed by atoms with Crippen LogP contribution in [0.4, 0.5) is 4.79 Å². The van der Waals surface area contributed by atoms with E-state index >= 15 is 0 Å². The zero-order valence-electron chi connectivity index (χ0n) is 11.5. The van der Waals surface area contributed by atoms with Crippen molar-refractivity contribution in [3.63, 3.8) is 0 Å². The maximum atomic E-state index is 11.8. The molecule has 110 valence electrons. The molecule has 1 amide bonds. The van der Waals surface area contributed by atoms with E-state index in [1.807, 2.05) is 0 Å². The van der Waals surface area contributed by atoms with E-state index in [1.165, 1.54) is 4.90 Å². The second kappa shape index (κ2) is 6.21. The second-order valence-corrected chi connectivity index (χ2v) is 5.51. The molecule has 0 aromatic carbocycles. The predicted molar refractivity (Wildman–Crippen MR) is 65.8 cm³/mol. The van der Waals surface area contributed by atoms with Crippen LogP contribution in [-0.4, -0.2) is 64.7 Å². The Morgan fingerprint density at radius 1 is 1.47 bits per heavy atom. The van der Waals surface area contributed by atoms with Crippen molar-refractivity contribution in [1.29, 1.82) is 0 Å². The molecule has 2 unspecified atom stereocenters. The monoisotopic (exact) mass is 275 g/mol. The van der Waals surface area contributed by atoms with Gasteiger partial charge in [0, 0.05) is 13.0 Å². The van der Waals surface area contributed by atoms with Gasteiger partial charge in [0.25, 0.3) is 0 Å². The number of carboxylic acid groups (broad SMARTS) is 1. The Kier molecular flexibility index (Phi) is 5.13. The Hall–Kier alpha value is -1.34. The summed E-state index contributed by atoms with van der Waals surface area (Å²) >= 11 is 0. The molecule has 0 saturated carbocycles. The lowest BCUT2D eigenvalue weighted by Crippen LogP contribution is -2.48. The van der Waals surface area contributed by atoms with Gasteiger partial charge in [0.2, 0.25) is 0 Å². The molecule has 2 N–H and O–H groups in total. The number of amides is 1. The van der Waals surface area contributed by atoms with Crippen molar-refractivity contribution in [2.75, 3.05) is 19.7 Å². The molecule has 0 radical (unpaired) electrons. The fraction of sp³-hybridized carbons (Fsp3) is 0.833. The molecular weight excluding hydrogens is 254 g/mol. The summed E-state index contributed by atoms with van der Waals surface area (Å²) in [5.41, 5.74) is -0.578. The molecule has 0 aromatic rings. The van der Waals surface area contributed by atoms with Crippen molar-refractivity contribution in [3.8, 4) is 0 Å². The lowest BCUT2D eigenvalue weighted by molar-refractivity contribution is -0.149. The van der Waals surface area contributed by atoms with Crippen LogP contribution in [0.2, 0.25) is 0 Å². The van der Waals surface area contributed by atoms with Gasteiger partial charge in [-0.25, -0.2) is 9.59 Å². The Morgan fingerprint density at radius 3 is 2.63 bits per heavy atom. The average molecular weight is 275 g/mol. The summed E-state index contributed by atoms with van der Waals surface area (Å²) in [7, 11) is 0. The van der Waals surface area contributed by atoms with Gasteiger partial charge in [0.05, 0.1) is 19.3 Å². The van der Waals surface area contributed by atoms with E-state index in [1.54, 1.807) is 20.8 Å². The number of nitrogens with zero attached hydrogens (tertiary/aromatic N) is 1. The minimum Gasteiger partial charge on any atom is -0.479 e. The fourth-order valence-electron chi connectivity index (χ4n) is 1.70. The van der Waals surface area contributed by atoms with Crippen molar-refractivity contribution in [2.24, 2.45) is 0 Å². The number of rotatable bonds is 3. The van der Waals surface area contributed by atoms with Crippen LogP contribution in [0, 0.1) is 0 Å². The summed E-state index contributed by atoms with van der Waals surface area (Å²) in [4.78, 5) is 23.9. The van der Waals surface area contributed by atoms with Crippen molar-refractivity contribution in [3.05, 3.63) is 0 Å². The molecule has 1 fully saturated rings. The third kappa shape index (κ3) is 5.44. The van der Waals surface area contributed by atoms with Gasteiger partial charge >= 0.3 is 12.1 Å². The number of aliphatic hydroxyl groups excluding tert-OH is 1. The molecular formula is C12H21NO6. The first-order valence-corrected chi connectivity index (χ1v) is 6.19. The van der Waals surface area contributed by atoms with Crippen molar-refractivity contribution in [2.45, 2.75) is 45.0 Å². The number of carbonyl (C=O) groups excluding carboxylic acids is 1. The summed E-state index contributed by atoms with van der Waals surface area (Å²) in [5.74, 6) is -1.29. The highest BCUT2D eigenvalue weighted by atomic mass is 16.6. The number of hydrogen-bond acceptors (Lipinski definition) is 5. The Labute approximate surface area is 112 Å². The van der Waals surface area contributed by atoms with Gasteiger partial charge in [-0.05, 0) is 20.8 Å². The maximum Gasteiger partial charge on any atom is 0.410 e. The molecule has 1 heterocycles. The van der Waals surface area contributed by atoms with Gasteiger partial charge in [-0.3, -0.25) is 0 Å². The molecule has 0 aromatic heterocycles. The van der Waals surface area contributed by atoms with Crippen LogP contribution in [0.15, 0.2) is 0 Å². The summed E-state index contributed by atoms with van der Waals surface area (Å²) < 4.78 is 10.6. The third-order valence-corrected chi connectivity index (χ3v) is 2.56. The van der Waals surface area contributed by atoms with Gasteiger partial charge in [-0.2, -0.15) is 0 Å². The SMILES string of the molecule is CC(C)(C)OC(=O)N1CCOC(CC(O)C(=O)O)C1. The quantitative estimate of drug-likeness (QED) is 0.776. The first-order chi connectivity index (χ1) is 8.69. The second-order valence-electron chi connectivity index (χ2n) is 5.51. The highest BCUT2D eigenvalue weighted by molar-refractivity contribution is 5.72. The fourth-order valence-corrected chi connectivity index (χ4v) is 1.70. The molecule has 19 heavy (non-hydrogen) atoms. The summed E-state index contributed by atoms with van der Waals surface area (Å²) in [5, 5.41) is 17.9. The third-order valence-electron chi connectivity index (χ3n) is 2.56. The van der Waals surface area contributed by atoms with E-state index in [-0.39, 0.29) is 13.0 Å². The van der Waals surface area contributed by atoms with E-state index in [4.69, 9.17) is 14.6 Å². The first-order valence-electron chi connectivity index (χ1n) is 6.19. The van der Waals surface area contributed by atoms with E-state index in [2.05, 4.69) is 0 Å². The maximum absolute atomic E-state index is 11.8. The molecule has 1 aliphatic heterocycles.